The molecule has 4 rings (SSSR count). The highest BCUT2D eigenvalue weighted by molar-refractivity contribution is 5.06. The summed E-state index contributed by atoms with van der Waals surface area (Å²) in [6, 6.07) is 0. The van der Waals surface area contributed by atoms with Gasteiger partial charge in [-0.25, -0.2) is 0 Å². The molecule has 2 heteroatoms. The van der Waals surface area contributed by atoms with Crippen molar-refractivity contribution >= 4 is 0 Å². The van der Waals surface area contributed by atoms with Gasteiger partial charge in [0.2, 0.25) is 0 Å². The fourth-order valence-electron chi connectivity index (χ4n) is 4.14. The van der Waals surface area contributed by atoms with Crippen molar-refractivity contribution in [1.29, 1.82) is 0 Å². The molecule has 0 amide bonds. The largest absolute Gasteiger partial charge is 0.368 e. The summed E-state index contributed by atoms with van der Waals surface area (Å²) < 4.78 is 5.34. The quantitative estimate of drug-likeness (QED) is 0.642. The van der Waals surface area contributed by atoms with Gasteiger partial charge in [0.05, 0.1) is 6.61 Å². The van der Waals surface area contributed by atoms with Crippen molar-refractivity contribution in [2.45, 2.75) is 39.4 Å². The molecule has 3 saturated carbocycles. The number of hydrogen-bond donors (Lipinski definition) is 1. The normalized spacial score (nSPS) is 54.6. The van der Waals surface area contributed by atoms with Crippen LogP contribution in [0.15, 0.2) is 0 Å². The molecule has 5 atom stereocenters. The van der Waals surface area contributed by atoms with Crippen LogP contribution < -0.4 is 0 Å². The van der Waals surface area contributed by atoms with Gasteiger partial charge >= 0.3 is 0 Å². The number of aliphatic hydroxyl groups excluding tert-OH is 1. The third-order valence-electron chi connectivity index (χ3n) is 5.23. The minimum Gasteiger partial charge on any atom is -0.368 e. The number of ether oxygens (including phenoxy) is 1. The Kier molecular flexibility index (Phi) is 1.79. The van der Waals surface area contributed by atoms with E-state index < -0.39 is 6.29 Å². The molecule has 4 fully saturated rings. The summed E-state index contributed by atoms with van der Waals surface area (Å²) in [7, 11) is 0. The van der Waals surface area contributed by atoms with Gasteiger partial charge in [0.25, 0.3) is 0 Å². The molecular formula is C12H20O2. The molecule has 1 N–H and O–H groups in total. The van der Waals surface area contributed by atoms with E-state index in [1.165, 1.54) is 12.8 Å². The van der Waals surface area contributed by atoms with Crippen molar-refractivity contribution in [3.8, 4) is 0 Å². The van der Waals surface area contributed by atoms with Crippen LogP contribution in [0.3, 0.4) is 0 Å². The molecule has 3 aliphatic carbocycles. The van der Waals surface area contributed by atoms with E-state index in [2.05, 4.69) is 13.8 Å². The van der Waals surface area contributed by atoms with Gasteiger partial charge in [0, 0.05) is 6.42 Å². The van der Waals surface area contributed by atoms with E-state index in [1.54, 1.807) is 0 Å². The van der Waals surface area contributed by atoms with Crippen LogP contribution in [-0.2, 0) is 4.74 Å². The fraction of sp³-hybridized carbons (Fsp3) is 1.00. The van der Waals surface area contributed by atoms with E-state index in [9.17, 15) is 5.11 Å². The summed E-state index contributed by atoms with van der Waals surface area (Å²) in [5.41, 5.74) is 0.540. The highest BCUT2D eigenvalue weighted by Gasteiger charge is 2.58. The molecule has 0 aromatic heterocycles. The molecule has 14 heavy (non-hydrogen) atoms. The Labute approximate surface area is 85.6 Å². The lowest BCUT2D eigenvalue weighted by Gasteiger charge is -2.64. The van der Waals surface area contributed by atoms with Crippen molar-refractivity contribution in [2.75, 3.05) is 6.61 Å². The third-order valence-corrected chi connectivity index (χ3v) is 5.23. The monoisotopic (exact) mass is 196 g/mol. The maximum Gasteiger partial charge on any atom is 0.154 e. The smallest absolute Gasteiger partial charge is 0.154 e. The number of hydrogen-bond acceptors (Lipinski definition) is 2. The van der Waals surface area contributed by atoms with Crippen molar-refractivity contribution in [1.82, 2.24) is 0 Å². The van der Waals surface area contributed by atoms with Crippen LogP contribution in [0.5, 0.6) is 0 Å². The molecule has 5 unspecified atom stereocenters. The second-order valence-corrected chi connectivity index (χ2v) is 6.04. The van der Waals surface area contributed by atoms with E-state index in [-0.39, 0.29) is 0 Å². The molecule has 1 saturated heterocycles. The van der Waals surface area contributed by atoms with Gasteiger partial charge in [0.15, 0.2) is 6.29 Å². The molecule has 80 valence electrons. The Bertz CT molecular complexity index is 249. The van der Waals surface area contributed by atoms with Crippen LogP contribution in [0, 0.1) is 29.1 Å². The summed E-state index contributed by atoms with van der Waals surface area (Å²) in [6.07, 6.45) is 3.14. The van der Waals surface area contributed by atoms with Gasteiger partial charge in [-0.05, 0) is 41.9 Å². The topological polar surface area (TPSA) is 29.5 Å². The number of rotatable bonds is 0. The van der Waals surface area contributed by atoms with Crippen molar-refractivity contribution in [3.63, 3.8) is 0 Å². The van der Waals surface area contributed by atoms with Crippen LogP contribution in [0.4, 0.5) is 0 Å². The van der Waals surface area contributed by atoms with Gasteiger partial charge < -0.3 is 9.84 Å². The first-order valence-electron chi connectivity index (χ1n) is 5.88. The molecule has 4 aliphatic rings. The maximum atomic E-state index is 9.53. The zero-order chi connectivity index (χ0) is 9.92. The first-order valence-corrected chi connectivity index (χ1v) is 5.88. The van der Waals surface area contributed by atoms with Crippen LogP contribution in [0.1, 0.15) is 33.1 Å². The predicted octanol–water partition coefficient (Wildman–Crippen LogP) is 2.02. The fourth-order valence-corrected chi connectivity index (χ4v) is 4.14. The standard InChI is InChI=1S/C12H20O2/c1-12(2)8-3-7-6-14-11(13)5-9(7)10(12)4-8/h7-11,13H,3-6H2,1-2H3. The zero-order valence-electron chi connectivity index (χ0n) is 9.07. The lowest BCUT2D eigenvalue weighted by Crippen LogP contribution is -2.58. The highest BCUT2D eigenvalue weighted by atomic mass is 16.6. The average Bonchev–Trinajstić information content (AvgIpc) is 2.16. The molecule has 1 heterocycles. The van der Waals surface area contributed by atoms with E-state index in [0.717, 1.165) is 36.7 Å². The minimum atomic E-state index is -0.482. The van der Waals surface area contributed by atoms with E-state index in [0.29, 0.717) is 5.41 Å². The molecule has 0 aromatic rings. The Morgan fingerprint density at radius 2 is 2.00 bits per heavy atom. The van der Waals surface area contributed by atoms with Gasteiger partial charge in [-0.1, -0.05) is 13.8 Å². The predicted molar refractivity (Wildman–Crippen MR) is 53.6 cm³/mol. The van der Waals surface area contributed by atoms with Gasteiger partial charge in [-0.2, -0.15) is 0 Å². The Morgan fingerprint density at radius 3 is 2.71 bits per heavy atom. The first-order chi connectivity index (χ1) is 6.59. The van der Waals surface area contributed by atoms with Crippen molar-refractivity contribution in [2.24, 2.45) is 29.1 Å². The summed E-state index contributed by atoms with van der Waals surface area (Å²) in [6.45, 7) is 5.61. The first kappa shape index (κ1) is 9.17. The van der Waals surface area contributed by atoms with Crippen LogP contribution in [0.2, 0.25) is 0 Å². The Balaban J connectivity index is 1.81. The second kappa shape index (κ2) is 2.73. The molecule has 2 nitrogen and oxygen atoms in total. The minimum absolute atomic E-state index is 0.482. The summed E-state index contributed by atoms with van der Waals surface area (Å²) in [4.78, 5) is 0. The molecule has 1 aliphatic heterocycles. The summed E-state index contributed by atoms with van der Waals surface area (Å²) in [5.74, 6) is 3.26. The molecule has 0 aromatic carbocycles. The highest BCUT2D eigenvalue weighted by Crippen LogP contribution is 2.64. The van der Waals surface area contributed by atoms with E-state index in [1.807, 2.05) is 0 Å². The van der Waals surface area contributed by atoms with E-state index >= 15 is 0 Å². The van der Waals surface area contributed by atoms with Gasteiger partial charge in [0.1, 0.15) is 0 Å². The average molecular weight is 196 g/mol. The Hall–Kier alpha value is -0.0800. The third kappa shape index (κ3) is 1.04. The summed E-state index contributed by atoms with van der Waals surface area (Å²) in [5, 5.41) is 9.53. The zero-order valence-corrected chi connectivity index (χ0v) is 9.07. The maximum absolute atomic E-state index is 9.53. The second-order valence-electron chi connectivity index (χ2n) is 6.04. The van der Waals surface area contributed by atoms with Gasteiger partial charge in [-0.3, -0.25) is 0 Å². The van der Waals surface area contributed by atoms with Crippen LogP contribution in [0.25, 0.3) is 0 Å². The Morgan fingerprint density at radius 1 is 1.21 bits per heavy atom. The SMILES string of the molecule is CC1(C)C2CC3COC(O)CC3C1C2. The van der Waals surface area contributed by atoms with Crippen molar-refractivity contribution in [3.05, 3.63) is 0 Å². The van der Waals surface area contributed by atoms with Crippen molar-refractivity contribution < 1.29 is 9.84 Å². The number of aliphatic hydroxyl groups is 1. The lowest BCUT2D eigenvalue weighted by molar-refractivity contribution is -0.228. The molecule has 0 spiro atoms. The summed E-state index contributed by atoms with van der Waals surface area (Å²) >= 11 is 0. The molecule has 0 radical (unpaired) electrons. The van der Waals surface area contributed by atoms with Crippen LogP contribution >= 0.6 is 0 Å². The lowest BCUT2D eigenvalue weighted by atomic mass is 9.42. The molecular weight excluding hydrogens is 176 g/mol. The van der Waals surface area contributed by atoms with Crippen LogP contribution in [-0.4, -0.2) is 18.0 Å². The molecule has 2 bridgehead atoms. The van der Waals surface area contributed by atoms with Gasteiger partial charge in [-0.15, -0.1) is 0 Å². The van der Waals surface area contributed by atoms with E-state index in [4.69, 9.17) is 4.74 Å².